The van der Waals surface area contributed by atoms with Gasteiger partial charge in [0.1, 0.15) is 0 Å². The molecule has 0 atom stereocenters. The van der Waals surface area contributed by atoms with E-state index in [0.717, 1.165) is 145 Å². The summed E-state index contributed by atoms with van der Waals surface area (Å²) in [5.41, 5.74) is 34.8. The highest BCUT2D eigenvalue weighted by atomic mass is 15.2. The monoisotopic (exact) mass is 1910 g/mol. The van der Waals surface area contributed by atoms with Crippen LogP contribution in [0.15, 0.2) is 546 Å². The van der Waals surface area contributed by atoms with Crippen molar-refractivity contribution in [1.29, 1.82) is 0 Å². The first-order valence-electron chi connectivity index (χ1n) is 50.8. The normalized spacial score (nSPS) is 11.6. The van der Waals surface area contributed by atoms with Crippen LogP contribution in [0.5, 0.6) is 0 Å². The van der Waals surface area contributed by atoms with Crippen LogP contribution >= 0.6 is 0 Å². The molecule has 30 rings (SSSR count). The van der Waals surface area contributed by atoms with Gasteiger partial charge in [0.2, 0.25) is 5.95 Å². The Balaban J connectivity index is 0.000000108. The van der Waals surface area contributed by atoms with Crippen molar-refractivity contribution >= 4 is 131 Å². The van der Waals surface area contributed by atoms with Crippen LogP contribution in [0.25, 0.3) is 267 Å². The number of fused-ring (bicyclic) bond motifs is 21. The average Bonchev–Trinajstić information content (AvgIpc) is 1.55. The molecule has 0 N–H and O–H groups in total. The van der Waals surface area contributed by atoms with Crippen LogP contribution < -0.4 is 0 Å². The molecule has 0 aliphatic rings. The Kier molecular flexibility index (Phi) is 21.6. The molecule has 0 saturated heterocycles. The Morgan fingerprint density at radius 1 is 0.113 bits per heavy atom. The third-order valence-electron chi connectivity index (χ3n) is 29.2. The van der Waals surface area contributed by atoms with E-state index >= 15 is 0 Å². The second-order valence-corrected chi connectivity index (χ2v) is 37.9. The summed E-state index contributed by atoms with van der Waals surface area (Å²) < 4.78 is 14.4. The lowest BCUT2D eigenvalue weighted by molar-refractivity contribution is 0.953. The third-order valence-corrected chi connectivity index (χ3v) is 29.2. The summed E-state index contributed by atoms with van der Waals surface area (Å²) in [5.74, 6) is 2.51. The summed E-state index contributed by atoms with van der Waals surface area (Å²) in [7, 11) is 0. The van der Waals surface area contributed by atoms with Crippen molar-refractivity contribution < 1.29 is 0 Å². The lowest BCUT2D eigenvalue weighted by Gasteiger charge is -2.14. The zero-order valence-corrected chi connectivity index (χ0v) is 81.3. The van der Waals surface area contributed by atoms with Gasteiger partial charge in [0.05, 0.1) is 89.0 Å². The van der Waals surface area contributed by atoms with Gasteiger partial charge in [-0.15, -0.1) is 0 Å². The van der Waals surface area contributed by atoms with Crippen molar-refractivity contribution in [2.75, 3.05) is 0 Å². The van der Waals surface area contributed by atoms with Gasteiger partial charge in [-0.3, -0.25) is 4.57 Å². The Morgan fingerprint density at radius 3 is 0.667 bits per heavy atom. The van der Waals surface area contributed by atoms with Gasteiger partial charge in [0.25, 0.3) is 0 Å². The highest BCUT2D eigenvalue weighted by molar-refractivity contribution is 6.27. The van der Waals surface area contributed by atoms with Crippen LogP contribution in [0, 0.1) is 0 Å². The molecule has 12 heteroatoms. The fourth-order valence-corrected chi connectivity index (χ4v) is 22.4. The standard InChI is InChI=1S/C47H31N3.C46H30N4.C45H29N5/c1-4-15-32(16-5-1)42-30-35(31-43(48-42)33-17-6-2-7-18-33)34-19-14-22-37(29-34)50-45-26-13-11-24-39(45)41-28-27-40-38-23-10-12-25-44(38)49(46(40)47(41)50)36-20-8-3-9-21-36;1-4-15-31(16-5-1)40-30-41(32-17-6-2-7-18-32)48-46(47-40)33-19-14-22-35(29-33)50-43-26-13-11-24-37(43)39-28-27-38-36-23-10-12-25-42(36)49(44(38)45(39)50)34-20-8-3-9-21-34;1-4-14-30(15-5-1)31-24-26-33(27-25-31)44-46-43(32-16-6-2-7-17-32)47-45(48-44)50-40-23-13-11-21-36(40)38-29-28-37-35-20-10-12-22-39(35)49(41(37)42(38)50)34-18-8-3-9-19-34/h1-31H;1-30H;1-29H. The van der Waals surface area contributed by atoms with E-state index in [2.05, 4.69) is 537 Å². The lowest BCUT2D eigenvalue weighted by Crippen LogP contribution is -2.07. The van der Waals surface area contributed by atoms with Crippen molar-refractivity contribution in [3.05, 3.63) is 546 Å². The number of hydrogen-bond donors (Lipinski definition) is 0. The fourth-order valence-electron chi connectivity index (χ4n) is 22.4. The average molecular weight is 1920 g/mol. The van der Waals surface area contributed by atoms with Gasteiger partial charge in [-0.25, -0.2) is 19.9 Å². The smallest absolute Gasteiger partial charge is 0.238 e. The summed E-state index contributed by atoms with van der Waals surface area (Å²) in [4.78, 5) is 31.0. The van der Waals surface area contributed by atoms with Crippen molar-refractivity contribution in [2.45, 2.75) is 0 Å². The van der Waals surface area contributed by atoms with Gasteiger partial charge < -0.3 is 22.8 Å². The second-order valence-electron chi connectivity index (χ2n) is 37.9. The van der Waals surface area contributed by atoms with E-state index in [0.29, 0.717) is 23.4 Å². The summed E-state index contributed by atoms with van der Waals surface area (Å²) >= 11 is 0. The molecule has 150 heavy (non-hydrogen) atoms. The second kappa shape index (κ2) is 37.1. The van der Waals surface area contributed by atoms with E-state index in [4.69, 9.17) is 29.9 Å². The van der Waals surface area contributed by atoms with Crippen LogP contribution in [0.2, 0.25) is 0 Å². The first kappa shape index (κ1) is 87.5. The van der Waals surface area contributed by atoms with Gasteiger partial charge in [-0.1, -0.05) is 431 Å². The molecular weight excluding hydrogens is 1830 g/mol. The van der Waals surface area contributed by atoms with Crippen molar-refractivity contribution in [2.24, 2.45) is 0 Å². The topological polar surface area (TPSA) is 107 Å². The van der Waals surface area contributed by atoms with Gasteiger partial charge in [0.15, 0.2) is 17.5 Å². The van der Waals surface area contributed by atoms with Gasteiger partial charge in [0, 0.05) is 132 Å². The molecule has 9 heterocycles. The molecule has 30 aromatic rings. The highest BCUT2D eigenvalue weighted by Gasteiger charge is 2.29. The third kappa shape index (κ3) is 15.2. The summed E-state index contributed by atoms with van der Waals surface area (Å²) in [6, 6.07) is 193. The molecule has 21 aromatic carbocycles. The quantitative estimate of drug-likeness (QED) is 0.101. The molecule has 0 aliphatic heterocycles. The predicted molar refractivity (Wildman–Crippen MR) is 621 cm³/mol. The maximum Gasteiger partial charge on any atom is 0.238 e. The number of para-hydroxylation sites is 9. The SMILES string of the molecule is c1ccc(-c2cc(-c3cccc(-n4c5ccccc5c5ccc6c7ccccc7n(-c7ccccc7)c6c54)c3)cc(-c3ccccc3)n2)cc1.c1ccc(-c2cc(-c3ccccc3)nc(-c3cccc(-n4c5ccccc5c5ccc6c7ccccc7n(-c7ccccc7)c6c54)c3)n2)cc1.c1ccc(-c2ccc(-c3nc(-c4ccccc4)nc(-n4c5ccccc5c5ccc6c7ccccc7n(-c7ccccc7)c6c54)n3)cc2)cc1. The van der Waals surface area contributed by atoms with E-state index in [9.17, 15) is 0 Å². The Labute approximate surface area is 863 Å². The largest absolute Gasteiger partial charge is 0.307 e. The molecule has 0 fully saturated rings. The summed E-state index contributed by atoms with van der Waals surface area (Å²) in [6.07, 6.45) is 0. The minimum atomic E-state index is 0.574. The minimum Gasteiger partial charge on any atom is -0.307 e. The van der Waals surface area contributed by atoms with Gasteiger partial charge in [-0.2, -0.15) is 9.97 Å². The summed E-state index contributed by atoms with van der Waals surface area (Å²) in [5, 5.41) is 14.5. The minimum absolute atomic E-state index is 0.574. The van der Waals surface area contributed by atoms with Crippen LogP contribution in [0.4, 0.5) is 0 Å². The van der Waals surface area contributed by atoms with E-state index in [1.54, 1.807) is 0 Å². The molecule has 0 amide bonds. The van der Waals surface area contributed by atoms with Crippen molar-refractivity contribution in [3.8, 4) is 136 Å². The molecule has 0 saturated carbocycles. The molecule has 0 bridgehead atoms. The number of hydrogen-bond acceptors (Lipinski definition) is 6. The maximum atomic E-state index is 5.27. The molecule has 0 unspecified atom stereocenters. The van der Waals surface area contributed by atoms with E-state index in [1.807, 2.05) is 36.4 Å². The van der Waals surface area contributed by atoms with E-state index in [1.165, 1.54) is 98.0 Å². The van der Waals surface area contributed by atoms with Crippen molar-refractivity contribution in [1.82, 2.24) is 57.3 Å². The number of nitrogens with zero attached hydrogens (tertiary/aromatic N) is 12. The molecule has 0 spiro atoms. The van der Waals surface area contributed by atoms with Crippen LogP contribution in [0.1, 0.15) is 0 Å². The Morgan fingerprint density at radius 2 is 0.333 bits per heavy atom. The lowest BCUT2D eigenvalue weighted by atomic mass is 9.99. The van der Waals surface area contributed by atoms with Crippen LogP contribution in [-0.2, 0) is 0 Å². The molecule has 0 radical (unpaired) electrons. The van der Waals surface area contributed by atoms with Crippen LogP contribution in [-0.4, -0.2) is 57.3 Å². The van der Waals surface area contributed by atoms with Crippen molar-refractivity contribution in [3.63, 3.8) is 0 Å². The van der Waals surface area contributed by atoms with Gasteiger partial charge in [-0.05, 0) is 138 Å². The zero-order chi connectivity index (χ0) is 99.1. The summed E-state index contributed by atoms with van der Waals surface area (Å²) in [6.45, 7) is 0. The number of benzene rings is 21. The Hall–Kier alpha value is -20.3. The molecule has 0 aliphatic carbocycles. The molecular formula is C138H90N12. The van der Waals surface area contributed by atoms with Gasteiger partial charge >= 0.3 is 0 Å². The molecule has 9 aromatic heterocycles. The number of pyridine rings is 1. The number of rotatable bonds is 15. The first-order chi connectivity index (χ1) is 74.4. The Bertz CT molecular complexity index is 9910. The zero-order valence-electron chi connectivity index (χ0n) is 81.3. The van der Waals surface area contributed by atoms with Crippen LogP contribution in [0.3, 0.4) is 0 Å². The fraction of sp³-hybridized carbons (Fsp3) is 0. The first-order valence-corrected chi connectivity index (χ1v) is 50.8. The van der Waals surface area contributed by atoms with E-state index in [-0.39, 0.29) is 0 Å². The maximum absolute atomic E-state index is 5.27. The highest BCUT2D eigenvalue weighted by Crippen LogP contribution is 2.48. The predicted octanol–water partition coefficient (Wildman–Crippen LogP) is 35.0. The van der Waals surface area contributed by atoms with E-state index < -0.39 is 0 Å². The molecule has 12 nitrogen and oxygen atoms in total. The number of aromatic nitrogens is 12. The molecule has 702 valence electrons.